The highest BCUT2D eigenvalue weighted by Gasteiger charge is 2.48. The zero-order valence-corrected chi connectivity index (χ0v) is 19.2. The molecule has 9 heteroatoms. The van der Waals surface area contributed by atoms with Crippen LogP contribution in [-0.2, 0) is 0 Å². The SMILES string of the molecule is CSC1=CC(c2cscn2)C(Nc2ccc(Oc3ccc(Cl)cc3)cc2)(C(=N)N)S1. The fourth-order valence-electron chi connectivity index (χ4n) is 3.14. The molecule has 0 amide bonds. The molecule has 2 unspecified atom stereocenters. The van der Waals surface area contributed by atoms with E-state index >= 15 is 0 Å². The number of benzene rings is 2. The van der Waals surface area contributed by atoms with E-state index in [4.69, 9.17) is 27.5 Å². The summed E-state index contributed by atoms with van der Waals surface area (Å²) in [4.78, 5) is 3.65. The summed E-state index contributed by atoms with van der Waals surface area (Å²) in [6.07, 6.45) is 4.16. The van der Waals surface area contributed by atoms with Crippen molar-refractivity contribution >= 4 is 58.0 Å². The third kappa shape index (κ3) is 4.32. The number of hydrogen-bond acceptors (Lipinski definition) is 7. The molecule has 2 aromatic carbocycles. The lowest BCUT2D eigenvalue weighted by Gasteiger charge is -2.34. The van der Waals surface area contributed by atoms with Crippen molar-refractivity contribution in [2.24, 2.45) is 5.73 Å². The molecule has 1 aliphatic rings. The molecular weight excluding hydrogens is 456 g/mol. The number of amidine groups is 1. The number of hydrogen-bond donors (Lipinski definition) is 3. The Morgan fingerprint density at radius 3 is 2.43 bits per heavy atom. The van der Waals surface area contributed by atoms with Crippen LogP contribution in [0.25, 0.3) is 0 Å². The van der Waals surface area contributed by atoms with Gasteiger partial charge in [0.15, 0.2) is 4.87 Å². The Bertz CT molecular complexity index is 1050. The second kappa shape index (κ2) is 8.93. The van der Waals surface area contributed by atoms with E-state index in [-0.39, 0.29) is 11.8 Å². The lowest BCUT2D eigenvalue weighted by atomic mass is 9.95. The number of anilines is 1. The Labute approximate surface area is 192 Å². The average molecular weight is 475 g/mol. The van der Waals surface area contributed by atoms with Crippen molar-refractivity contribution in [3.63, 3.8) is 0 Å². The normalized spacial score (nSPS) is 20.6. The van der Waals surface area contributed by atoms with Crippen LogP contribution in [0.5, 0.6) is 11.5 Å². The summed E-state index contributed by atoms with van der Waals surface area (Å²) < 4.78 is 6.97. The highest BCUT2D eigenvalue weighted by molar-refractivity contribution is 8.23. The van der Waals surface area contributed by atoms with Crippen LogP contribution < -0.4 is 15.8 Å². The lowest BCUT2D eigenvalue weighted by Crippen LogP contribution is -2.49. The van der Waals surface area contributed by atoms with Gasteiger partial charge in [-0.2, -0.15) is 0 Å². The molecule has 0 bridgehead atoms. The fraction of sp³-hybridized carbons (Fsp3) is 0.143. The van der Waals surface area contributed by atoms with Crippen LogP contribution in [0.4, 0.5) is 5.69 Å². The summed E-state index contributed by atoms with van der Waals surface area (Å²) in [5, 5.41) is 14.6. The first-order chi connectivity index (χ1) is 14.5. The Balaban J connectivity index is 1.57. The zero-order valence-electron chi connectivity index (χ0n) is 16.0. The molecule has 0 radical (unpaired) electrons. The van der Waals surface area contributed by atoms with E-state index in [1.165, 1.54) is 11.3 Å². The summed E-state index contributed by atoms with van der Waals surface area (Å²) in [5.41, 5.74) is 9.69. The monoisotopic (exact) mass is 474 g/mol. The zero-order chi connectivity index (χ0) is 21.1. The van der Waals surface area contributed by atoms with Crippen molar-refractivity contribution in [3.05, 3.63) is 80.5 Å². The van der Waals surface area contributed by atoms with Crippen molar-refractivity contribution in [3.8, 4) is 11.5 Å². The molecule has 30 heavy (non-hydrogen) atoms. The van der Waals surface area contributed by atoms with Gasteiger partial charge in [-0.1, -0.05) is 29.4 Å². The topological polar surface area (TPSA) is 84.0 Å². The van der Waals surface area contributed by atoms with Crippen LogP contribution in [-0.4, -0.2) is 21.9 Å². The number of thiazole rings is 1. The van der Waals surface area contributed by atoms with Gasteiger partial charge >= 0.3 is 0 Å². The quantitative estimate of drug-likeness (QED) is 0.272. The fourth-order valence-corrected chi connectivity index (χ4v) is 5.97. The third-order valence-corrected chi connectivity index (χ3v) is 7.99. The molecule has 5 nitrogen and oxygen atoms in total. The molecule has 0 fully saturated rings. The van der Waals surface area contributed by atoms with Crippen LogP contribution in [0, 0.1) is 5.41 Å². The molecule has 2 atom stereocenters. The standard InChI is InChI=1S/C21H19ClN4OS3/c1-28-19-10-17(18-11-29-12-25-18)21(30-19,20(23)24)26-14-4-8-16(9-5-14)27-15-6-2-13(22)3-7-15/h2-12,17,26H,1H3,(H3,23,24). The van der Waals surface area contributed by atoms with Crippen molar-refractivity contribution in [2.75, 3.05) is 11.6 Å². The van der Waals surface area contributed by atoms with Crippen LogP contribution >= 0.6 is 46.5 Å². The highest BCUT2D eigenvalue weighted by atomic mass is 35.5. The maximum Gasteiger partial charge on any atom is 0.158 e. The smallest absolute Gasteiger partial charge is 0.158 e. The molecule has 154 valence electrons. The van der Waals surface area contributed by atoms with Gasteiger partial charge in [0.1, 0.15) is 17.3 Å². The molecule has 3 aromatic rings. The number of nitrogens with zero attached hydrogens (tertiary/aromatic N) is 1. The summed E-state index contributed by atoms with van der Waals surface area (Å²) in [5.74, 6) is 1.34. The maximum absolute atomic E-state index is 8.39. The first-order valence-electron chi connectivity index (χ1n) is 8.99. The predicted molar refractivity (Wildman–Crippen MR) is 130 cm³/mol. The molecule has 1 aromatic heterocycles. The largest absolute Gasteiger partial charge is 0.457 e. The second-order valence-electron chi connectivity index (χ2n) is 6.54. The van der Waals surface area contributed by atoms with Gasteiger partial charge in [-0.25, -0.2) is 4.98 Å². The van der Waals surface area contributed by atoms with E-state index in [9.17, 15) is 0 Å². The minimum Gasteiger partial charge on any atom is -0.457 e. The van der Waals surface area contributed by atoms with Gasteiger partial charge in [0.05, 0.1) is 17.1 Å². The number of ether oxygens (including phenoxy) is 1. The van der Waals surface area contributed by atoms with E-state index < -0.39 is 4.87 Å². The minimum atomic E-state index is -0.828. The first kappa shape index (κ1) is 21.1. The number of halogens is 1. The predicted octanol–water partition coefficient (Wildman–Crippen LogP) is 6.37. The summed E-state index contributed by atoms with van der Waals surface area (Å²) >= 11 is 10.7. The molecule has 4 N–H and O–H groups in total. The molecule has 0 saturated heterocycles. The Hall–Kier alpha value is -2.13. The third-order valence-electron chi connectivity index (χ3n) is 4.61. The Kier molecular flexibility index (Phi) is 6.29. The Morgan fingerprint density at radius 2 is 1.87 bits per heavy atom. The van der Waals surface area contributed by atoms with E-state index in [2.05, 4.69) is 16.4 Å². The van der Waals surface area contributed by atoms with Gasteiger partial charge in [-0.05, 0) is 54.8 Å². The van der Waals surface area contributed by atoms with Gasteiger partial charge in [0.2, 0.25) is 0 Å². The molecule has 4 rings (SSSR count). The second-order valence-corrected chi connectivity index (χ2v) is 10.1. The lowest BCUT2D eigenvalue weighted by molar-refractivity contribution is 0.483. The molecule has 0 saturated carbocycles. The summed E-state index contributed by atoms with van der Waals surface area (Å²) in [7, 11) is 0. The molecule has 1 aliphatic heterocycles. The van der Waals surface area contributed by atoms with E-state index in [1.54, 1.807) is 41.2 Å². The number of rotatable bonds is 7. The number of thioether (sulfide) groups is 2. The van der Waals surface area contributed by atoms with Crippen LogP contribution in [0.1, 0.15) is 11.6 Å². The number of nitrogens with two attached hydrogens (primary N) is 1. The maximum atomic E-state index is 8.39. The van der Waals surface area contributed by atoms with Gasteiger partial charge < -0.3 is 15.8 Å². The summed E-state index contributed by atoms with van der Waals surface area (Å²) in [6, 6.07) is 14.8. The van der Waals surface area contributed by atoms with Crippen LogP contribution in [0.3, 0.4) is 0 Å². The van der Waals surface area contributed by atoms with Gasteiger partial charge in [-0.3, -0.25) is 5.41 Å². The molecule has 2 heterocycles. The van der Waals surface area contributed by atoms with Crippen molar-refractivity contribution < 1.29 is 4.74 Å². The minimum absolute atomic E-state index is 0.0623. The van der Waals surface area contributed by atoms with E-state index in [1.807, 2.05) is 48.0 Å². The molecular formula is C21H19ClN4OS3. The Morgan fingerprint density at radius 1 is 1.20 bits per heavy atom. The average Bonchev–Trinajstić information content (AvgIpc) is 3.39. The summed E-state index contributed by atoms with van der Waals surface area (Å²) in [6.45, 7) is 0. The van der Waals surface area contributed by atoms with Crippen molar-refractivity contribution in [2.45, 2.75) is 10.8 Å². The van der Waals surface area contributed by atoms with E-state index in [0.717, 1.165) is 15.6 Å². The van der Waals surface area contributed by atoms with Gasteiger partial charge in [-0.15, -0.1) is 23.1 Å². The highest BCUT2D eigenvalue weighted by Crippen LogP contribution is 2.53. The molecule has 0 aliphatic carbocycles. The van der Waals surface area contributed by atoms with Gasteiger partial charge in [0.25, 0.3) is 0 Å². The van der Waals surface area contributed by atoms with E-state index in [0.29, 0.717) is 16.5 Å². The van der Waals surface area contributed by atoms with Crippen LogP contribution in [0.15, 0.2) is 69.7 Å². The first-order valence-corrected chi connectivity index (χ1v) is 12.4. The van der Waals surface area contributed by atoms with Crippen LogP contribution in [0.2, 0.25) is 5.02 Å². The van der Waals surface area contributed by atoms with Gasteiger partial charge in [0, 0.05) is 20.3 Å². The molecule has 0 spiro atoms. The number of nitrogens with one attached hydrogen (secondary N) is 2. The van der Waals surface area contributed by atoms with Crippen molar-refractivity contribution in [1.29, 1.82) is 5.41 Å². The number of aromatic nitrogens is 1. The van der Waals surface area contributed by atoms with Crippen molar-refractivity contribution in [1.82, 2.24) is 4.98 Å².